The van der Waals surface area contributed by atoms with Crippen LogP contribution in [0.15, 0.2) is 12.1 Å². The molecule has 0 saturated carbocycles. The maximum absolute atomic E-state index is 11.9. The SMILES string of the molecule is COC(=O)c1c(CBr)cc(C(C)(C)C)cc1CBr. The van der Waals surface area contributed by atoms with Gasteiger partial charge in [0.15, 0.2) is 0 Å². The molecule has 1 rings (SSSR count). The van der Waals surface area contributed by atoms with Crippen molar-refractivity contribution in [1.29, 1.82) is 0 Å². The van der Waals surface area contributed by atoms with Gasteiger partial charge < -0.3 is 4.74 Å². The molecule has 0 fully saturated rings. The molecule has 0 aromatic heterocycles. The fraction of sp³-hybridized carbons (Fsp3) is 0.500. The molecule has 0 aliphatic heterocycles. The average Bonchev–Trinajstić information content (AvgIpc) is 2.34. The zero-order valence-electron chi connectivity index (χ0n) is 11.1. The molecule has 0 N–H and O–H groups in total. The Labute approximate surface area is 125 Å². The maximum Gasteiger partial charge on any atom is 0.338 e. The average molecular weight is 378 g/mol. The zero-order valence-corrected chi connectivity index (χ0v) is 14.3. The molecule has 100 valence electrons. The number of ether oxygens (including phenoxy) is 1. The van der Waals surface area contributed by atoms with E-state index in [0.717, 1.165) is 11.1 Å². The molecule has 18 heavy (non-hydrogen) atoms. The zero-order chi connectivity index (χ0) is 13.9. The first-order valence-electron chi connectivity index (χ1n) is 5.71. The Hall–Kier alpha value is -0.350. The van der Waals surface area contributed by atoms with Crippen molar-refractivity contribution in [2.24, 2.45) is 0 Å². The minimum atomic E-state index is -0.278. The molecule has 0 radical (unpaired) electrons. The Kier molecular flexibility index (Phi) is 5.41. The minimum Gasteiger partial charge on any atom is -0.465 e. The van der Waals surface area contributed by atoms with Gasteiger partial charge in [0.05, 0.1) is 12.7 Å². The van der Waals surface area contributed by atoms with Crippen LogP contribution in [0.25, 0.3) is 0 Å². The van der Waals surface area contributed by atoms with Gasteiger partial charge in [-0.2, -0.15) is 0 Å². The molecule has 0 aliphatic rings. The van der Waals surface area contributed by atoms with E-state index >= 15 is 0 Å². The molecule has 0 amide bonds. The fourth-order valence-electron chi connectivity index (χ4n) is 1.78. The smallest absolute Gasteiger partial charge is 0.338 e. The van der Waals surface area contributed by atoms with Crippen LogP contribution in [0.1, 0.15) is 47.8 Å². The first-order valence-corrected chi connectivity index (χ1v) is 7.96. The van der Waals surface area contributed by atoms with Gasteiger partial charge in [-0.25, -0.2) is 4.79 Å². The van der Waals surface area contributed by atoms with Gasteiger partial charge in [-0.3, -0.25) is 0 Å². The summed E-state index contributed by atoms with van der Waals surface area (Å²) in [7, 11) is 1.41. The first kappa shape index (κ1) is 15.7. The molecule has 2 nitrogen and oxygen atoms in total. The van der Waals surface area contributed by atoms with E-state index in [2.05, 4.69) is 64.8 Å². The topological polar surface area (TPSA) is 26.3 Å². The molecule has 0 spiro atoms. The van der Waals surface area contributed by atoms with E-state index in [-0.39, 0.29) is 11.4 Å². The predicted molar refractivity (Wildman–Crippen MR) is 81.7 cm³/mol. The second-order valence-corrected chi connectivity index (χ2v) is 6.30. The van der Waals surface area contributed by atoms with Crippen molar-refractivity contribution in [3.63, 3.8) is 0 Å². The van der Waals surface area contributed by atoms with Crippen molar-refractivity contribution in [3.05, 3.63) is 34.4 Å². The Balaban J connectivity index is 3.49. The third-order valence-electron chi connectivity index (χ3n) is 2.85. The van der Waals surface area contributed by atoms with Gasteiger partial charge in [-0.1, -0.05) is 64.8 Å². The van der Waals surface area contributed by atoms with Crippen molar-refractivity contribution in [3.8, 4) is 0 Å². The summed E-state index contributed by atoms with van der Waals surface area (Å²) in [4.78, 5) is 11.9. The number of esters is 1. The minimum absolute atomic E-state index is 0.0580. The Bertz CT molecular complexity index is 423. The van der Waals surface area contributed by atoms with E-state index in [1.54, 1.807) is 0 Å². The summed E-state index contributed by atoms with van der Waals surface area (Å²) >= 11 is 6.89. The summed E-state index contributed by atoms with van der Waals surface area (Å²) in [5.41, 5.74) is 3.90. The van der Waals surface area contributed by atoms with Crippen molar-refractivity contribution < 1.29 is 9.53 Å². The van der Waals surface area contributed by atoms with Crippen LogP contribution in [-0.4, -0.2) is 13.1 Å². The number of methoxy groups -OCH3 is 1. The van der Waals surface area contributed by atoms with Crippen molar-refractivity contribution in [2.75, 3.05) is 7.11 Å². The second-order valence-electron chi connectivity index (χ2n) is 5.18. The number of halogens is 2. The van der Waals surface area contributed by atoms with Crippen LogP contribution >= 0.6 is 31.9 Å². The summed E-state index contributed by atoms with van der Waals surface area (Å²) in [6, 6.07) is 4.15. The quantitative estimate of drug-likeness (QED) is 0.570. The number of hydrogen-bond acceptors (Lipinski definition) is 2. The summed E-state index contributed by atoms with van der Waals surface area (Å²) in [5, 5.41) is 1.28. The predicted octanol–water partition coefficient (Wildman–Crippen LogP) is 4.56. The lowest BCUT2D eigenvalue weighted by molar-refractivity contribution is 0.0599. The van der Waals surface area contributed by atoms with Gasteiger partial charge in [-0.15, -0.1) is 0 Å². The molecule has 0 unspecified atom stereocenters. The number of hydrogen-bond donors (Lipinski definition) is 0. The third kappa shape index (κ3) is 3.35. The Morgan fingerprint density at radius 2 is 1.61 bits per heavy atom. The Morgan fingerprint density at radius 3 is 1.89 bits per heavy atom. The van der Waals surface area contributed by atoms with Crippen LogP contribution in [0, 0.1) is 0 Å². The van der Waals surface area contributed by atoms with Gasteiger partial charge in [0.2, 0.25) is 0 Å². The van der Waals surface area contributed by atoms with E-state index in [1.807, 2.05) is 0 Å². The molecule has 4 heteroatoms. The van der Waals surface area contributed by atoms with Crippen molar-refractivity contribution >= 4 is 37.8 Å². The van der Waals surface area contributed by atoms with Crippen LogP contribution < -0.4 is 0 Å². The molecule has 0 heterocycles. The second kappa shape index (κ2) is 6.20. The molecule has 1 aromatic carbocycles. The maximum atomic E-state index is 11.9. The number of carbonyl (C=O) groups is 1. The van der Waals surface area contributed by atoms with Crippen LogP contribution in [0.2, 0.25) is 0 Å². The lowest BCUT2D eigenvalue weighted by atomic mass is 9.84. The summed E-state index contributed by atoms with van der Waals surface area (Å²) in [6.45, 7) is 6.49. The van der Waals surface area contributed by atoms with E-state index in [1.165, 1.54) is 12.7 Å². The van der Waals surface area contributed by atoms with E-state index in [0.29, 0.717) is 16.2 Å². The summed E-state index contributed by atoms with van der Waals surface area (Å²) in [6.07, 6.45) is 0. The van der Waals surface area contributed by atoms with Crippen LogP contribution in [0.4, 0.5) is 0 Å². The molecule has 0 aliphatic carbocycles. The van der Waals surface area contributed by atoms with Crippen molar-refractivity contribution in [1.82, 2.24) is 0 Å². The van der Waals surface area contributed by atoms with Gasteiger partial charge in [-0.05, 0) is 22.1 Å². The molecular formula is C14H18Br2O2. The van der Waals surface area contributed by atoms with Gasteiger partial charge in [0, 0.05) is 10.7 Å². The molecule has 1 aromatic rings. The molecular weight excluding hydrogens is 360 g/mol. The highest BCUT2D eigenvalue weighted by atomic mass is 79.9. The number of rotatable bonds is 3. The van der Waals surface area contributed by atoms with Gasteiger partial charge >= 0.3 is 5.97 Å². The Morgan fingerprint density at radius 1 is 1.17 bits per heavy atom. The standard InChI is InChI=1S/C14H18Br2O2/c1-14(2,3)11-5-9(7-15)12(13(17)18-4)10(6-11)8-16/h5-6H,7-8H2,1-4H3. The molecule has 0 atom stereocenters. The van der Waals surface area contributed by atoms with Crippen LogP contribution in [0.5, 0.6) is 0 Å². The highest BCUT2D eigenvalue weighted by Gasteiger charge is 2.21. The van der Waals surface area contributed by atoms with Gasteiger partial charge in [0.1, 0.15) is 0 Å². The normalized spacial score (nSPS) is 11.4. The van der Waals surface area contributed by atoms with Crippen LogP contribution in [-0.2, 0) is 20.8 Å². The van der Waals surface area contributed by atoms with Crippen LogP contribution in [0.3, 0.4) is 0 Å². The van der Waals surface area contributed by atoms with Crippen molar-refractivity contribution in [2.45, 2.75) is 36.8 Å². The lowest BCUT2D eigenvalue weighted by Crippen LogP contribution is -2.15. The largest absolute Gasteiger partial charge is 0.465 e. The number of benzene rings is 1. The first-order chi connectivity index (χ1) is 8.35. The number of alkyl halides is 2. The molecule has 0 bridgehead atoms. The third-order valence-corrected chi connectivity index (χ3v) is 4.05. The number of carbonyl (C=O) groups excluding carboxylic acids is 1. The molecule has 0 saturated heterocycles. The highest BCUT2D eigenvalue weighted by Crippen LogP contribution is 2.30. The van der Waals surface area contributed by atoms with E-state index in [9.17, 15) is 4.79 Å². The van der Waals surface area contributed by atoms with E-state index in [4.69, 9.17) is 4.74 Å². The monoisotopic (exact) mass is 376 g/mol. The highest BCUT2D eigenvalue weighted by molar-refractivity contribution is 9.08. The summed E-state index contributed by atoms with van der Waals surface area (Å²) in [5.74, 6) is -0.278. The van der Waals surface area contributed by atoms with E-state index < -0.39 is 0 Å². The lowest BCUT2D eigenvalue weighted by Gasteiger charge is -2.22. The summed E-state index contributed by atoms with van der Waals surface area (Å²) < 4.78 is 4.87. The fourth-order valence-corrected chi connectivity index (χ4v) is 2.66. The van der Waals surface area contributed by atoms with Gasteiger partial charge in [0.25, 0.3) is 0 Å².